The van der Waals surface area contributed by atoms with E-state index >= 15 is 0 Å². The van der Waals surface area contributed by atoms with Crippen molar-refractivity contribution >= 4 is 29.7 Å². The molecular weight excluding hydrogens is 274 g/mol. The van der Waals surface area contributed by atoms with Crippen LogP contribution in [-0.4, -0.2) is 34.0 Å². The number of nitrogens with one attached hydrogen (secondary N) is 1. The minimum absolute atomic E-state index is 0. The molecule has 2 heterocycles. The molecule has 96 valence electrons. The molecule has 0 bridgehead atoms. The maximum absolute atomic E-state index is 13.6. The summed E-state index contributed by atoms with van der Waals surface area (Å²) in [5.74, 6) is 0. The van der Waals surface area contributed by atoms with Crippen molar-refractivity contribution in [1.29, 1.82) is 0 Å². The number of rotatable bonds is 2. The lowest BCUT2D eigenvalue weighted by atomic mass is 10.1. The fourth-order valence-electron chi connectivity index (χ4n) is 1.77. The minimum Gasteiger partial charge on any atom is -0.314 e. The number of piperidine rings is 1. The normalized spacial score (nSPS) is 24.1. The van der Waals surface area contributed by atoms with Crippen molar-refractivity contribution in [3.63, 3.8) is 0 Å². The number of halogens is 3. The minimum atomic E-state index is -1.13. The Hall–Kier alpha value is -0.920. The van der Waals surface area contributed by atoms with E-state index in [9.17, 15) is 14.5 Å². The van der Waals surface area contributed by atoms with Crippen LogP contribution in [-0.2, 0) is 0 Å². The zero-order chi connectivity index (χ0) is 11.7. The summed E-state index contributed by atoms with van der Waals surface area (Å²) in [7, 11) is 0. The van der Waals surface area contributed by atoms with Gasteiger partial charge in [-0.15, -0.1) is 12.4 Å². The van der Waals surface area contributed by atoms with Gasteiger partial charge in [-0.1, -0.05) is 11.6 Å². The van der Waals surface area contributed by atoms with Crippen LogP contribution in [0.1, 0.15) is 12.5 Å². The molecule has 1 aliphatic heterocycles. The average molecular weight is 285 g/mol. The van der Waals surface area contributed by atoms with Crippen molar-refractivity contribution in [1.82, 2.24) is 15.1 Å². The molecule has 1 aromatic heterocycles. The maximum Gasteiger partial charge on any atom is 0.325 e. The monoisotopic (exact) mass is 284 g/mol. The van der Waals surface area contributed by atoms with Crippen LogP contribution >= 0.6 is 24.0 Å². The third-order valence-corrected chi connectivity index (χ3v) is 2.97. The Morgan fingerprint density at radius 3 is 2.94 bits per heavy atom. The van der Waals surface area contributed by atoms with Crippen LogP contribution in [0.4, 0.5) is 10.1 Å². The molecule has 9 heteroatoms. The molecule has 1 fully saturated rings. The van der Waals surface area contributed by atoms with Gasteiger partial charge in [0.1, 0.15) is 12.4 Å². The Bertz CT molecular complexity index is 414. The largest absolute Gasteiger partial charge is 0.325 e. The van der Waals surface area contributed by atoms with E-state index in [1.807, 2.05) is 0 Å². The van der Waals surface area contributed by atoms with Crippen LogP contribution in [0, 0.1) is 10.1 Å². The summed E-state index contributed by atoms with van der Waals surface area (Å²) >= 11 is 5.79. The molecule has 2 atom stereocenters. The molecule has 0 aliphatic carbocycles. The summed E-state index contributed by atoms with van der Waals surface area (Å²) in [6.45, 7) is 0.865. The third kappa shape index (κ3) is 2.67. The van der Waals surface area contributed by atoms with E-state index in [-0.39, 0.29) is 29.8 Å². The van der Waals surface area contributed by atoms with Crippen LogP contribution in [0.15, 0.2) is 6.20 Å². The number of alkyl halides is 1. The fraction of sp³-hybridized carbons (Fsp3) is 0.625. The molecule has 0 aromatic carbocycles. The number of hydrogen-bond donors (Lipinski definition) is 1. The second kappa shape index (κ2) is 5.61. The van der Waals surface area contributed by atoms with Crippen molar-refractivity contribution < 1.29 is 9.31 Å². The van der Waals surface area contributed by atoms with Gasteiger partial charge in [0.25, 0.3) is 0 Å². The Morgan fingerprint density at radius 2 is 2.41 bits per heavy atom. The number of nitro groups is 1. The molecule has 1 aromatic rings. The summed E-state index contributed by atoms with van der Waals surface area (Å²) in [6, 6.07) is -0.526. The van der Waals surface area contributed by atoms with E-state index in [2.05, 4.69) is 10.4 Å². The van der Waals surface area contributed by atoms with Crippen LogP contribution < -0.4 is 5.32 Å². The van der Waals surface area contributed by atoms with Crippen LogP contribution in [0.25, 0.3) is 0 Å². The van der Waals surface area contributed by atoms with Gasteiger partial charge in [-0.2, -0.15) is 5.10 Å². The van der Waals surface area contributed by atoms with Gasteiger partial charge in [-0.25, -0.2) is 9.07 Å². The van der Waals surface area contributed by atoms with Gasteiger partial charge in [-0.05, 0) is 13.0 Å². The lowest BCUT2D eigenvalue weighted by Crippen LogP contribution is -2.39. The van der Waals surface area contributed by atoms with Gasteiger partial charge in [0, 0.05) is 6.54 Å². The molecule has 1 N–H and O–H groups in total. The van der Waals surface area contributed by atoms with Gasteiger partial charge in [0.05, 0.1) is 11.0 Å². The Labute approximate surface area is 108 Å². The van der Waals surface area contributed by atoms with Crippen LogP contribution in [0.2, 0.25) is 5.15 Å². The van der Waals surface area contributed by atoms with Crippen LogP contribution in [0.3, 0.4) is 0 Å². The van der Waals surface area contributed by atoms with Gasteiger partial charge < -0.3 is 5.32 Å². The Kier molecular flexibility index (Phi) is 4.67. The fourth-order valence-corrected chi connectivity index (χ4v) is 2.06. The lowest BCUT2D eigenvalue weighted by Gasteiger charge is -2.26. The summed E-state index contributed by atoms with van der Waals surface area (Å²) in [5, 5.41) is 17.1. The highest BCUT2D eigenvalue weighted by molar-refractivity contribution is 6.31. The van der Waals surface area contributed by atoms with Gasteiger partial charge >= 0.3 is 5.69 Å². The number of nitrogens with zero attached hydrogens (tertiary/aromatic N) is 3. The smallest absolute Gasteiger partial charge is 0.314 e. The van der Waals surface area contributed by atoms with E-state index in [1.165, 1.54) is 4.68 Å². The quantitative estimate of drug-likeness (QED) is 0.663. The second-order valence-electron chi connectivity index (χ2n) is 3.60. The van der Waals surface area contributed by atoms with Crippen molar-refractivity contribution in [3.8, 4) is 0 Å². The topological polar surface area (TPSA) is 73.0 Å². The summed E-state index contributed by atoms with van der Waals surface area (Å²) in [5.41, 5.74) is -0.285. The molecule has 0 spiro atoms. The molecule has 0 amide bonds. The van der Waals surface area contributed by atoms with Gasteiger partial charge in [0.15, 0.2) is 0 Å². The molecular formula is C8H11Cl2FN4O2. The molecule has 17 heavy (non-hydrogen) atoms. The predicted octanol–water partition coefficient (Wildman–Crippen LogP) is 1.74. The van der Waals surface area contributed by atoms with Crippen molar-refractivity contribution in [3.05, 3.63) is 21.5 Å². The standard InChI is InChI=1S/C8H10ClFN4O2.ClH/c9-8-7(14(15)16)4-12-13(8)6-1-2-11-3-5(6)10;/h4-6,11H,1-3H2;1H/t5-,6-;/m1./s1. The first kappa shape index (κ1) is 14.1. The first-order valence-electron chi connectivity index (χ1n) is 4.83. The van der Waals surface area contributed by atoms with Gasteiger partial charge in [0.2, 0.25) is 5.15 Å². The molecule has 2 rings (SSSR count). The second-order valence-corrected chi connectivity index (χ2v) is 3.96. The van der Waals surface area contributed by atoms with E-state index in [4.69, 9.17) is 11.6 Å². The zero-order valence-corrected chi connectivity index (χ0v) is 10.2. The Balaban J connectivity index is 0.00000144. The third-order valence-electron chi connectivity index (χ3n) is 2.60. The molecule has 0 saturated carbocycles. The SMILES string of the molecule is Cl.O=[N+]([O-])c1cnn([C@@H]2CCNC[C@H]2F)c1Cl. The van der Waals surface area contributed by atoms with Crippen molar-refractivity contribution in [2.75, 3.05) is 13.1 Å². The summed E-state index contributed by atoms with van der Waals surface area (Å²) in [6.07, 6.45) is 0.433. The molecule has 0 radical (unpaired) electrons. The average Bonchev–Trinajstić information content (AvgIpc) is 2.61. The van der Waals surface area contributed by atoms with Crippen molar-refractivity contribution in [2.45, 2.75) is 18.6 Å². The van der Waals surface area contributed by atoms with E-state index < -0.39 is 17.1 Å². The highest BCUT2D eigenvalue weighted by Gasteiger charge is 2.31. The first-order chi connectivity index (χ1) is 7.61. The molecule has 1 saturated heterocycles. The summed E-state index contributed by atoms with van der Waals surface area (Å²) in [4.78, 5) is 9.94. The van der Waals surface area contributed by atoms with Crippen molar-refractivity contribution in [2.24, 2.45) is 0 Å². The highest BCUT2D eigenvalue weighted by Crippen LogP contribution is 2.30. The highest BCUT2D eigenvalue weighted by atomic mass is 35.5. The number of hydrogen-bond acceptors (Lipinski definition) is 4. The van der Waals surface area contributed by atoms with Crippen LogP contribution in [0.5, 0.6) is 0 Å². The van der Waals surface area contributed by atoms with E-state index in [1.54, 1.807) is 0 Å². The summed E-state index contributed by atoms with van der Waals surface area (Å²) < 4.78 is 14.8. The number of aromatic nitrogens is 2. The Morgan fingerprint density at radius 1 is 1.71 bits per heavy atom. The molecule has 1 aliphatic rings. The zero-order valence-electron chi connectivity index (χ0n) is 8.68. The van der Waals surface area contributed by atoms with E-state index in [0.29, 0.717) is 13.0 Å². The molecule has 0 unspecified atom stereocenters. The predicted molar refractivity (Wildman–Crippen MR) is 62.6 cm³/mol. The first-order valence-corrected chi connectivity index (χ1v) is 5.21. The lowest BCUT2D eigenvalue weighted by molar-refractivity contribution is -0.384. The molecule has 6 nitrogen and oxygen atoms in total. The van der Waals surface area contributed by atoms with E-state index in [0.717, 1.165) is 6.20 Å². The maximum atomic E-state index is 13.6. The van der Waals surface area contributed by atoms with Gasteiger partial charge in [-0.3, -0.25) is 10.1 Å².